The van der Waals surface area contributed by atoms with Crippen molar-refractivity contribution in [2.75, 3.05) is 40.9 Å². The molecule has 0 rings (SSSR count). The average Bonchev–Trinajstić information content (AvgIpc) is 3.43. The summed E-state index contributed by atoms with van der Waals surface area (Å²) in [5.74, 6) is -0.215. The summed E-state index contributed by atoms with van der Waals surface area (Å²) in [7, 11) is 1.23. The van der Waals surface area contributed by atoms with Crippen LogP contribution in [0.5, 0.6) is 0 Å². The lowest BCUT2D eigenvalue weighted by atomic mass is 10.0. The summed E-state index contributed by atoms with van der Waals surface area (Å²) >= 11 is 0. The lowest BCUT2D eigenvalue weighted by molar-refractivity contribution is -0.870. The molecule has 81 heavy (non-hydrogen) atoms. The topological polar surface area (TPSA) is 108 Å². The molecule has 0 heterocycles. The van der Waals surface area contributed by atoms with Crippen LogP contribution in [0.4, 0.5) is 0 Å². The molecule has 0 saturated heterocycles. The third-order valence-corrected chi connectivity index (χ3v) is 15.7. The maximum absolute atomic E-state index is 13.0. The fourth-order valence-electron chi connectivity index (χ4n) is 9.50. The van der Waals surface area contributed by atoms with Gasteiger partial charge in [-0.15, -0.1) is 0 Å². The fourth-order valence-corrected chi connectivity index (χ4v) is 10.2. The molecule has 8 nitrogen and oxygen atoms in total. The van der Waals surface area contributed by atoms with Gasteiger partial charge in [0.05, 0.1) is 39.9 Å². The van der Waals surface area contributed by atoms with E-state index in [0.717, 1.165) is 96.3 Å². The Bertz CT molecular complexity index is 1690. The number of carbonyl (C=O) groups excluding carboxylic acids is 1. The van der Waals surface area contributed by atoms with Gasteiger partial charge < -0.3 is 28.8 Å². The van der Waals surface area contributed by atoms with Gasteiger partial charge in [-0.2, -0.15) is 0 Å². The first-order valence-electron chi connectivity index (χ1n) is 33.7. The van der Waals surface area contributed by atoms with Crippen LogP contribution < -0.4 is 10.2 Å². The van der Waals surface area contributed by atoms with E-state index in [2.05, 4.69) is 116 Å². The molecular formula is C72H129N2O6P. The largest absolute Gasteiger partial charge is 0.756 e. The van der Waals surface area contributed by atoms with Crippen LogP contribution in [0.3, 0.4) is 0 Å². The van der Waals surface area contributed by atoms with Gasteiger partial charge in [-0.3, -0.25) is 9.36 Å². The molecule has 1 amide bonds. The van der Waals surface area contributed by atoms with Crippen molar-refractivity contribution >= 4 is 13.7 Å². The molecule has 0 bridgehead atoms. The molecule has 2 N–H and O–H groups in total. The smallest absolute Gasteiger partial charge is 0.268 e. The van der Waals surface area contributed by atoms with E-state index < -0.39 is 26.6 Å². The number of aliphatic hydroxyl groups excluding tert-OH is 1. The maximum Gasteiger partial charge on any atom is 0.268 e. The number of phosphoric acid groups is 1. The number of aliphatic hydroxyl groups is 1. The molecule has 0 spiro atoms. The number of quaternary nitrogens is 1. The zero-order chi connectivity index (χ0) is 59.1. The highest BCUT2D eigenvalue weighted by Gasteiger charge is 2.23. The lowest BCUT2D eigenvalue weighted by Gasteiger charge is -2.29. The molecule has 468 valence electrons. The van der Waals surface area contributed by atoms with E-state index in [1.165, 1.54) is 173 Å². The predicted molar refractivity (Wildman–Crippen MR) is 352 cm³/mol. The number of likely N-dealkylation sites (N-methyl/N-ethyl adjacent to an activating group) is 1. The predicted octanol–water partition coefficient (Wildman–Crippen LogP) is 20.9. The van der Waals surface area contributed by atoms with Crippen LogP contribution in [0.2, 0.25) is 0 Å². The summed E-state index contributed by atoms with van der Waals surface area (Å²) in [6, 6.07) is -0.916. The van der Waals surface area contributed by atoms with Gasteiger partial charge in [-0.25, -0.2) is 0 Å². The van der Waals surface area contributed by atoms with Gasteiger partial charge in [0.2, 0.25) is 5.91 Å². The highest BCUT2D eigenvalue weighted by Crippen LogP contribution is 2.38. The molecule has 9 heteroatoms. The SMILES string of the molecule is CC/C=C\C/C=C\C/C=C\C/C=C\C/C=C\C/C=C\C/C=C\CCCCCCCCCCCC(=O)NC(COP(=O)([O-])OCC[N+](C)(C)C)C(O)/C=C/CC/C=C/CCCCCCCCCCCCCCCCCCCCCCCC. The van der Waals surface area contributed by atoms with Crippen molar-refractivity contribution in [1.29, 1.82) is 0 Å². The minimum Gasteiger partial charge on any atom is -0.756 e. The molecule has 0 aliphatic carbocycles. The normalized spacial score (nSPS) is 14.4. The van der Waals surface area contributed by atoms with Crippen LogP contribution in [0.25, 0.3) is 0 Å². The van der Waals surface area contributed by atoms with Crippen LogP contribution in [-0.4, -0.2) is 68.5 Å². The summed E-state index contributed by atoms with van der Waals surface area (Å²) in [5.41, 5.74) is 0. The highest BCUT2D eigenvalue weighted by molar-refractivity contribution is 7.45. The summed E-state index contributed by atoms with van der Waals surface area (Å²) in [6.45, 7) is 4.53. The van der Waals surface area contributed by atoms with E-state index in [-0.39, 0.29) is 12.5 Å². The van der Waals surface area contributed by atoms with Crippen LogP contribution in [0.15, 0.2) is 109 Å². The van der Waals surface area contributed by atoms with E-state index in [9.17, 15) is 19.4 Å². The minimum atomic E-state index is -4.62. The zero-order valence-corrected chi connectivity index (χ0v) is 54.4. The molecule has 3 unspecified atom stereocenters. The summed E-state index contributed by atoms with van der Waals surface area (Å²) in [4.78, 5) is 25.6. The summed E-state index contributed by atoms with van der Waals surface area (Å²) in [5, 5.41) is 13.9. The Balaban J connectivity index is 4.19. The van der Waals surface area contributed by atoms with E-state index in [4.69, 9.17) is 9.05 Å². The number of hydrogen-bond acceptors (Lipinski definition) is 6. The molecule has 0 aromatic rings. The number of allylic oxidation sites excluding steroid dienone is 17. The lowest BCUT2D eigenvalue weighted by Crippen LogP contribution is -2.45. The van der Waals surface area contributed by atoms with Gasteiger partial charge in [-0.05, 0) is 89.9 Å². The monoisotopic (exact) mass is 1150 g/mol. The molecule has 3 atom stereocenters. The quantitative estimate of drug-likeness (QED) is 0.0272. The van der Waals surface area contributed by atoms with Crippen molar-refractivity contribution in [2.24, 2.45) is 0 Å². The standard InChI is InChI=1S/C72H129N2O6P/c1-6-8-10-12-14-16-18-20-22-24-26-28-30-32-34-36-37-38-40-42-44-46-48-50-52-54-56-58-60-62-64-66-72(76)73-70(69-80-81(77,78)79-68-67-74(3,4)5)71(75)65-63-61-59-57-55-53-51-49-47-45-43-41-39-35-33-31-29-27-25-23-21-19-17-15-13-11-9-7-2/h8,10,14,16,20,22,26,28,32,34,37-38,42,44,55,57,63,65,70-71,75H,6-7,9,11-13,15,17-19,21,23-25,27,29-31,33,35-36,39-41,43,45-54,56,58-62,64,66-69H2,1-5H3,(H-,73,76,77,78)/b10-8-,16-14-,22-20-,28-26-,34-32-,38-37-,44-42-,57-55+,65-63+. The molecule has 0 fully saturated rings. The molecule has 0 aliphatic rings. The van der Waals surface area contributed by atoms with E-state index >= 15 is 0 Å². The van der Waals surface area contributed by atoms with Crippen LogP contribution in [0.1, 0.15) is 290 Å². The first-order valence-corrected chi connectivity index (χ1v) is 35.2. The Morgan fingerprint density at radius 2 is 0.765 bits per heavy atom. The van der Waals surface area contributed by atoms with Crippen molar-refractivity contribution in [3.05, 3.63) is 109 Å². The van der Waals surface area contributed by atoms with Crippen molar-refractivity contribution in [3.8, 4) is 0 Å². The van der Waals surface area contributed by atoms with Crippen molar-refractivity contribution < 1.29 is 32.9 Å². The Labute approximate surface area is 501 Å². The third kappa shape index (κ3) is 64.6. The number of unbranched alkanes of at least 4 members (excludes halogenated alkanes) is 32. The van der Waals surface area contributed by atoms with Crippen LogP contribution in [0, 0.1) is 0 Å². The Morgan fingerprint density at radius 3 is 1.15 bits per heavy atom. The number of hydrogen-bond donors (Lipinski definition) is 2. The van der Waals surface area contributed by atoms with Gasteiger partial charge in [0, 0.05) is 6.42 Å². The molecule has 0 saturated carbocycles. The third-order valence-electron chi connectivity index (χ3n) is 14.7. The average molecular weight is 1150 g/mol. The van der Waals surface area contributed by atoms with E-state index in [0.29, 0.717) is 17.4 Å². The second-order valence-electron chi connectivity index (χ2n) is 23.8. The molecule has 0 radical (unpaired) electrons. The number of nitrogens with one attached hydrogen (secondary N) is 1. The zero-order valence-electron chi connectivity index (χ0n) is 53.5. The number of amides is 1. The van der Waals surface area contributed by atoms with Gasteiger partial charge in [0.15, 0.2) is 0 Å². The van der Waals surface area contributed by atoms with Crippen LogP contribution in [-0.2, 0) is 18.4 Å². The van der Waals surface area contributed by atoms with Gasteiger partial charge >= 0.3 is 0 Å². The Kier molecular flexibility index (Phi) is 59.5. The molecule has 0 aromatic carbocycles. The van der Waals surface area contributed by atoms with Crippen LogP contribution >= 0.6 is 7.82 Å². The van der Waals surface area contributed by atoms with Crippen molar-refractivity contribution in [1.82, 2.24) is 5.32 Å². The number of phosphoric ester groups is 1. The van der Waals surface area contributed by atoms with Gasteiger partial charge in [0.1, 0.15) is 13.2 Å². The fraction of sp³-hybridized carbons (Fsp3) is 0.736. The van der Waals surface area contributed by atoms with E-state index in [1.54, 1.807) is 6.08 Å². The van der Waals surface area contributed by atoms with Gasteiger partial charge in [0.25, 0.3) is 7.82 Å². The minimum absolute atomic E-state index is 0.0126. The molecule has 0 aliphatic heterocycles. The van der Waals surface area contributed by atoms with Crippen molar-refractivity contribution in [2.45, 2.75) is 302 Å². The maximum atomic E-state index is 13.0. The Morgan fingerprint density at radius 1 is 0.444 bits per heavy atom. The molecule has 0 aromatic heterocycles. The first-order chi connectivity index (χ1) is 39.5. The summed E-state index contributed by atoms with van der Waals surface area (Å²) in [6.07, 6.45) is 90.6. The number of nitrogens with zero attached hydrogens (tertiary/aromatic N) is 1. The highest BCUT2D eigenvalue weighted by atomic mass is 31.2. The number of carbonyl (C=O) groups is 1. The second-order valence-corrected chi connectivity index (χ2v) is 25.2. The summed E-state index contributed by atoms with van der Waals surface area (Å²) < 4.78 is 23.4. The Hall–Kier alpha value is -2.84. The second kappa shape index (κ2) is 61.7. The van der Waals surface area contributed by atoms with Crippen molar-refractivity contribution in [3.63, 3.8) is 0 Å². The molecular weight excluding hydrogens is 1020 g/mol. The van der Waals surface area contributed by atoms with Gasteiger partial charge in [-0.1, -0.05) is 303 Å². The number of rotatable bonds is 61. The van der Waals surface area contributed by atoms with E-state index in [1.807, 2.05) is 27.2 Å². The first kappa shape index (κ1) is 78.2.